The Bertz CT molecular complexity index is 973. The number of likely N-dealkylation sites (N-methyl/N-ethyl adjacent to an activating group) is 1. The number of rotatable bonds is 8. The Hall–Kier alpha value is -2.77. The summed E-state index contributed by atoms with van der Waals surface area (Å²) in [5.41, 5.74) is 3.86. The minimum Gasteiger partial charge on any atom is -0.497 e. The van der Waals surface area contributed by atoms with Crippen molar-refractivity contribution in [3.63, 3.8) is 0 Å². The molecule has 4 rings (SSSR count). The third kappa shape index (κ3) is 4.20. The summed E-state index contributed by atoms with van der Waals surface area (Å²) in [7, 11) is 5.26. The predicted molar refractivity (Wildman–Crippen MR) is 115 cm³/mol. The average molecular weight is 427 g/mol. The van der Waals surface area contributed by atoms with Gasteiger partial charge in [0.05, 0.1) is 20.8 Å². The Balaban J connectivity index is 1.52. The van der Waals surface area contributed by atoms with Crippen molar-refractivity contribution in [3.05, 3.63) is 46.5 Å². The summed E-state index contributed by atoms with van der Waals surface area (Å²) >= 11 is 0. The molecule has 1 unspecified atom stereocenters. The van der Waals surface area contributed by atoms with Crippen molar-refractivity contribution in [3.8, 4) is 23.0 Å². The summed E-state index contributed by atoms with van der Waals surface area (Å²) in [4.78, 5) is 15.2. The van der Waals surface area contributed by atoms with Crippen LogP contribution in [0.2, 0.25) is 0 Å². The van der Waals surface area contributed by atoms with E-state index in [-0.39, 0.29) is 25.2 Å². The fraction of sp³-hybridized carbons (Fsp3) is 0.458. The molecule has 0 aromatic heterocycles. The molecule has 0 saturated heterocycles. The van der Waals surface area contributed by atoms with Gasteiger partial charge in [0.2, 0.25) is 6.79 Å². The highest BCUT2D eigenvalue weighted by Crippen LogP contribution is 2.45. The van der Waals surface area contributed by atoms with Gasteiger partial charge < -0.3 is 24.1 Å². The van der Waals surface area contributed by atoms with Crippen LogP contribution in [0.15, 0.2) is 24.3 Å². The van der Waals surface area contributed by atoms with E-state index in [0.29, 0.717) is 30.8 Å². The minimum atomic E-state index is -0.142. The summed E-state index contributed by atoms with van der Waals surface area (Å²) in [6.45, 7) is 0.868. The van der Waals surface area contributed by atoms with E-state index < -0.39 is 0 Å². The topological polar surface area (TPSA) is 77.5 Å². The van der Waals surface area contributed by atoms with E-state index in [1.807, 2.05) is 31.3 Å². The highest BCUT2D eigenvalue weighted by Gasteiger charge is 2.33. The summed E-state index contributed by atoms with van der Waals surface area (Å²) in [6, 6.07) is 7.57. The van der Waals surface area contributed by atoms with Crippen molar-refractivity contribution >= 4 is 5.78 Å². The maximum Gasteiger partial charge on any atom is 0.231 e. The van der Waals surface area contributed by atoms with Crippen LogP contribution in [-0.4, -0.2) is 50.4 Å². The Morgan fingerprint density at radius 3 is 2.81 bits per heavy atom. The summed E-state index contributed by atoms with van der Waals surface area (Å²) < 4.78 is 21.9. The van der Waals surface area contributed by atoms with E-state index >= 15 is 0 Å². The van der Waals surface area contributed by atoms with Crippen LogP contribution in [0.25, 0.3) is 0 Å². The first-order chi connectivity index (χ1) is 15.0. The average Bonchev–Trinajstić information content (AvgIpc) is 3.26. The van der Waals surface area contributed by atoms with Gasteiger partial charge in [-0.05, 0) is 48.7 Å². The number of carbonyl (C=O) groups is 1. The molecule has 0 aliphatic carbocycles. The second kappa shape index (κ2) is 9.16. The van der Waals surface area contributed by atoms with Crippen LogP contribution in [0.1, 0.15) is 41.1 Å². The lowest BCUT2D eigenvalue weighted by molar-refractivity contribution is -0.120. The molecular weight excluding hydrogens is 398 g/mol. The molecule has 2 heterocycles. The number of aliphatic hydroxyl groups excluding tert-OH is 1. The first-order valence-electron chi connectivity index (χ1n) is 10.5. The molecule has 2 aliphatic rings. The highest BCUT2D eigenvalue weighted by atomic mass is 16.7. The van der Waals surface area contributed by atoms with Crippen molar-refractivity contribution in [1.82, 2.24) is 4.90 Å². The van der Waals surface area contributed by atoms with Gasteiger partial charge in [0, 0.05) is 37.1 Å². The number of aliphatic hydroxyl groups is 1. The van der Waals surface area contributed by atoms with Crippen LogP contribution in [0.3, 0.4) is 0 Å². The number of methoxy groups -OCH3 is 2. The van der Waals surface area contributed by atoms with Crippen molar-refractivity contribution in [2.24, 2.45) is 0 Å². The Labute approximate surface area is 182 Å². The quantitative estimate of drug-likeness (QED) is 0.694. The van der Waals surface area contributed by atoms with Gasteiger partial charge in [0.1, 0.15) is 17.3 Å². The van der Waals surface area contributed by atoms with Gasteiger partial charge in [-0.1, -0.05) is 6.07 Å². The van der Waals surface area contributed by atoms with E-state index in [2.05, 4.69) is 4.90 Å². The third-order valence-corrected chi connectivity index (χ3v) is 6.24. The number of hydrogen-bond acceptors (Lipinski definition) is 7. The molecule has 0 bridgehead atoms. The van der Waals surface area contributed by atoms with E-state index in [1.54, 1.807) is 14.2 Å². The zero-order chi connectivity index (χ0) is 22.0. The first kappa shape index (κ1) is 21.5. The van der Waals surface area contributed by atoms with Crippen LogP contribution >= 0.6 is 0 Å². The first-order valence-corrected chi connectivity index (χ1v) is 10.5. The number of hydrogen-bond donors (Lipinski definition) is 1. The van der Waals surface area contributed by atoms with Gasteiger partial charge in [-0.2, -0.15) is 0 Å². The fourth-order valence-electron chi connectivity index (χ4n) is 4.54. The second-order valence-corrected chi connectivity index (χ2v) is 7.99. The SMILES string of the molecule is COc1ccc(CCC(=O)CC2c3c(cc4c(c3CO)OCO4)CCN2C)c(OC)c1. The normalized spacial score (nSPS) is 17.4. The number of carbonyl (C=O) groups excluding carboxylic acids is 1. The molecule has 7 nitrogen and oxygen atoms in total. The van der Waals surface area contributed by atoms with Crippen LogP contribution in [0, 0.1) is 0 Å². The molecule has 0 radical (unpaired) electrons. The standard InChI is InChI=1S/C24H29NO6/c1-25-9-8-16-10-22-24(31-14-30-22)19(13-26)23(16)20(25)11-17(27)6-4-15-5-7-18(28-2)12-21(15)29-3/h5,7,10,12,20,26H,4,6,8-9,11,13-14H2,1-3H3. The van der Waals surface area contributed by atoms with Crippen LogP contribution < -0.4 is 18.9 Å². The molecule has 31 heavy (non-hydrogen) atoms. The van der Waals surface area contributed by atoms with Crippen molar-refractivity contribution in [1.29, 1.82) is 0 Å². The third-order valence-electron chi connectivity index (χ3n) is 6.24. The number of ketones is 1. The second-order valence-electron chi connectivity index (χ2n) is 7.99. The zero-order valence-corrected chi connectivity index (χ0v) is 18.3. The molecular formula is C24H29NO6. The molecule has 166 valence electrons. The Morgan fingerprint density at radius 2 is 2.06 bits per heavy atom. The lowest BCUT2D eigenvalue weighted by atomic mass is 9.85. The molecule has 0 saturated carbocycles. The Kier molecular flexibility index (Phi) is 6.34. The molecule has 2 aromatic rings. The van der Waals surface area contributed by atoms with Gasteiger partial charge in [0.15, 0.2) is 11.5 Å². The van der Waals surface area contributed by atoms with Crippen LogP contribution in [-0.2, 0) is 24.2 Å². The van der Waals surface area contributed by atoms with Crippen LogP contribution in [0.5, 0.6) is 23.0 Å². The van der Waals surface area contributed by atoms with Crippen molar-refractivity contribution < 1.29 is 28.8 Å². The van der Waals surface area contributed by atoms with Crippen molar-refractivity contribution in [2.45, 2.75) is 38.3 Å². The molecule has 2 aliphatic heterocycles. The molecule has 0 fully saturated rings. The number of Topliss-reactive ketones (excluding diaryl/α,β-unsaturated/α-hetero) is 1. The van der Waals surface area contributed by atoms with E-state index in [9.17, 15) is 9.90 Å². The zero-order valence-electron chi connectivity index (χ0n) is 18.3. The summed E-state index contributed by atoms with van der Waals surface area (Å²) in [5.74, 6) is 2.91. The molecule has 1 atom stereocenters. The van der Waals surface area contributed by atoms with Gasteiger partial charge in [-0.3, -0.25) is 9.69 Å². The lowest BCUT2D eigenvalue weighted by Crippen LogP contribution is -2.34. The number of nitrogens with zero attached hydrogens (tertiary/aromatic N) is 1. The molecule has 0 amide bonds. The maximum atomic E-state index is 13.0. The minimum absolute atomic E-state index is 0.0920. The van der Waals surface area contributed by atoms with Gasteiger partial charge >= 0.3 is 0 Å². The van der Waals surface area contributed by atoms with Crippen LogP contribution in [0.4, 0.5) is 0 Å². The number of aryl methyl sites for hydroxylation is 1. The summed E-state index contributed by atoms with van der Waals surface area (Å²) in [6.07, 6.45) is 2.25. The van der Waals surface area contributed by atoms with Gasteiger partial charge in [-0.25, -0.2) is 0 Å². The number of fused-ring (bicyclic) bond motifs is 2. The van der Waals surface area contributed by atoms with E-state index in [4.69, 9.17) is 18.9 Å². The smallest absolute Gasteiger partial charge is 0.231 e. The van der Waals surface area contributed by atoms with Crippen molar-refractivity contribution in [2.75, 3.05) is 34.6 Å². The monoisotopic (exact) mass is 427 g/mol. The fourth-order valence-corrected chi connectivity index (χ4v) is 4.54. The highest BCUT2D eigenvalue weighted by molar-refractivity contribution is 5.80. The molecule has 2 aromatic carbocycles. The van der Waals surface area contributed by atoms with E-state index in [1.165, 1.54) is 0 Å². The number of benzene rings is 2. The maximum absolute atomic E-state index is 13.0. The van der Waals surface area contributed by atoms with E-state index in [0.717, 1.165) is 46.7 Å². The predicted octanol–water partition coefficient (Wildman–Crippen LogP) is 3.05. The Morgan fingerprint density at radius 1 is 1.23 bits per heavy atom. The lowest BCUT2D eigenvalue weighted by Gasteiger charge is -2.36. The summed E-state index contributed by atoms with van der Waals surface area (Å²) in [5, 5.41) is 10.1. The van der Waals surface area contributed by atoms with Gasteiger partial charge in [-0.15, -0.1) is 0 Å². The molecule has 0 spiro atoms. The van der Waals surface area contributed by atoms with Gasteiger partial charge in [0.25, 0.3) is 0 Å². The molecule has 1 N–H and O–H groups in total. The largest absolute Gasteiger partial charge is 0.497 e. The number of ether oxygens (including phenoxy) is 4. The molecule has 7 heteroatoms.